The monoisotopic (exact) mass is 270 g/mol. The van der Waals surface area contributed by atoms with Crippen LogP contribution < -0.4 is 21.7 Å². The molecule has 1 rings (SSSR count). The van der Waals surface area contributed by atoms with Gasteiger partial charge in [0.2, 0.25) is 0 Å². The van der Waals surface area contributed by atoms with Crippen LogP contribution in [0.4, 0.5) is 13.2 Å². The van der Waals surface area contributed by atoms with Crippen molar-refractivity contribution in [1.82, 2.24) is 16.0 Å². The van der Waals surface area contributed by atoms with Crippen LogP contribution in [0.15, 0.2) is 0 Å². The van der Waals surface area contributed by atoms with Gasteiger partial charge < -0.3 is 10.8 Å². The van der Waals surface area contributed by atoms with Crippen molar-refractivity contribution in [2.75, 3.05) is 6.67 Å². The largest absolute Gasteiger partial charge is 0.404 e. The molecule has 18 heavy (non-hydrogen) atoms. The van der Waals surface area contributed by atoms with Crippen LogP contribution in [0.5, 0.6) is 0 Å². The number of nitrogens with one attached hydrogen (secondary N) is 3. The summed E-state index contributed by atoms with van der Waals surface area (Å²) in [5.41, 5.74) is 4.83. The zero-order chi connectivity index (χ0) is 14.1. The fourth-order valence-corrected chi connectivity index (χ4v) is 1.96. The molecular formula is C10H21F3N4O. The predicted octanol–water partition coefficient (Wildman–Crippen LogP) is -0.325. The van der Waals surface area contributed by atoms with Gasteiger partial charge in [0.15, 0.2) is 0 Å². The molecule has 6 N–H and O–H groups in total. The second-order valence-electron chi connectivity index (χ2n) is 5.55. The van der Waals surface area contributed by atoms with Gasteiger partial charge in [0.1, 0.15) is 12.3 Å². The second kappa shape index (κ2) is 5.30. The van der Waals surface area contributed by atoms with E-state index in [9.17, 15) is 18.3 Å². The lowest BCUT2D eigenvalue weighted by molar-refractivity contribution is -0.178. The normalized spacial score (nSPS) is 32.3. The first kappa shape index (κ1) is 15.6. The van der Waals surface area contributed by atoms with Crippen molar-refractivity contribution in [1.29, 1.82) is 0 Å². The highest BCUT2D eigenvalue weighted by atomic mass is 19.4. The van der Waals surface area contributed by atoms with Gasteiger partial charge in [0.05, 0.1) is 12.1 Å². The molecule has 8 heteroatoms. The molecule has 1 fully saturated rings. The Morgan fingerprint density at radius 1 is 1.28 bits per heavy atom. The highest BCUT2D eigenvalue weighted by Gasteiger charge is 2.49. The third-order valence-electron chi connectivity index (χ3n) is 2.76. The highest BCUT2D eigenvalue weighted by Crippen LogP contribution is 2.28. The quantitative estimate of drug-likeness (QED) is 0.475. The van der Waals surface area contributed by atoms with Gasteiger partial charge in [-0.25, -0.2) is 0 Å². The summed E-state index contributed by atoms with van der Waals surface area (Å²) in [5.74, 6) is -1.20. The maximum absolute atomic E-state index is 12.7. The first-order valence-electron chi connectivity index (χ1n) is 5.77. The topological polar surface area (TPSA) is 82.3 Å². The molecule has 0 amide bonds. The summed E-state index contributed by atoms with van der Waals surface area (Å²) < 4.78 is 38.1. The van der Waals surface area contributed by atoms with E-state index in [0.29, 0.717) is 0 Å². The SMILES string of the molecule is CC(C)(C)NC1NCNC(O)C1C(N)C(F)(F)F. The molecule has 108 valence electrons. The zero-order valence-corrected chi connectivity index (χ0v) is 10.7. The van der Waals surface area contributed by atoms with Crippen LogP contribution in [0.3, 0.4) is 0 Å². The van der Waals surface area contributed by atoms with Crippen molar-refractivity contribution in [3.8, 4) is 0 Å². The summed E-state index contributed by atoms with van der Waals surface area (Å²) in [4.78, 5) is 0. The molecule has 0 radical (unpaired) electrons. The van der Waals surface area contributed by atoms with Crippen molar-refractivity contribution in [3.63, 3.8) is 0 Å². The fourth-order valence-electron chi connectivity index (χ4n) is 1.96. The van der Waals surface area contributed by atoms with Gasteiger partial charge in [0, 0.05) is 12.2 Å². The molecule has 0 aliphatic carbocycles. The Bertz CT molecular complexity index is 279. The van der Waals surface area contributed by atoms with E-state index in [2.05, 4.69) is 16.0 Å². The molecule has 0 aromatic carbocycles. The molecule has 0 saturated carbocycles. The molecule has 1 aliphatic heterocycles. The van der Waals surface area contributed by atoms with Crippen molar-refractivity contribution in [3.05, 3.63) is 0 Å². The van der Waals surface area contributed by atoms with Crippen LogP contribution in [0.25, 0.3) is 0 Å². The molecular weight excluding hydrogens is 249 g/mol. The molecule has 5 nitrogen and oxygen atoms in total. The lowest BCUT2D eigenvalue weighted by Crippen LogP contribution is -2.70. The number of aliphatic hydroxyl groups excluding tert-OH is 1. The van der Waals surface area contributed by atoms with E-state index in [-0.39, 0.29) is 6.67 Å². The average molecular weight is 270 g/mol. The summed E-state index contributed by atoms with van der Waals surface area (Å²) in [5, 5.41) is 18.1. The van der Waals surface area contributed by atoms with Gasteiger partial charge >= 0.3 is 6.18 Å². The van der Waals surface area contributed by atoms with Gasteiger partial charge in [0.25, 0.3) is 0 Å². The summed E-state index contributed by atoms with van der Waals surface area (Å²) in [6, 6.07) is -2.10. The zero-order valence-electron chi connectivity index (χ0n) is 10.7. The van der Waals surface area contributed by atoms with E-state index in [0.717, 1.165) is 0 Å². The molecule has 0 aromatic heterocycles. The number of hydrogen-bond donors (Lipinski definition) is 5. The Morgan fingerprint density at radius 2 is 1.83 bits per heavy atom. The van der Waals surface area contributed by atoms with Crippen molar-refractivity contribution in [2.45, 2.75) is 50.9 Å². The lowest BCUT2D eigenvalue weighted by Gasteiger charge is -2.43. The molecule has 0 spiro atoms. The Hall–Kier alpha value is -0.410. The minimum Gasteiger partial charge on any atom is -0.378 e. The van der Waals surface area contributed by atoms with E-state index in [4.69, 9.17) is 5.73 Å². The number of alkyl halides is 3. The Morgan fingerprint density at radius 3 is 2.28 bits per heavy atom. The van der Waals surface area contributed by atoms with Gasteiger partial charge in [-0.15, -0.1) is 0 Å². The first-order valence-corrected chi connectivity index (χ1v) is 5.77. The smallest absolute Gasteiger partial charge is 0.378 e. The van der Waals surface area contributed by atoms with Crippen LogP contribution in [-0.4, -0.2) is 41.9 Å². The van der Waals surface area contributed by atoms with Gasteiger partial charge in [-0.05, 0) is 20.8 Å². The number of halogens is 3. The molecule has 0 aromatic rings. The fraction of sp³-hybridized carbons (Fsp3) is 1.00. The molecule has 4 atom stereocenters. The average Bonchev–Trinajstić information content (AvgIpc) is 2.13. The van der Waals surface area contributed by atoms with E-state index in [1.165, 1.54) is 0 Å². The number of rotatable bonds is 2. The second-order valence-corrected chi connectivity index (χ2v) is 5.55. The molecule has 0 bridgehead atoms. The van der Waals surface area contributed by atoms with Crippen LogP contribution in [-0.2, 0) is 0 Å². The number of nitrogens with two attached hydrogens (primary N) is 1. The van der Waals surface area contributed by atoms with Crippen molar-refractivity contribution in [2.24, 2.45) is 11.7 Å². The third-order valence-corrected chi connectivity index (χ3v) is 2.76. The van der Waals surface area contributed by atoms with E-state index >= 15 is 0 Å². The lowest BCUT2D eigenvalue weighted by atomic mass is 9.91. The van der Waals surface area contributed by atoms with Crippen molar-refractivity contribution >= 4 is 0 Å². The summed E-state index contributed by atoms with van der Waals surface area (Å²) in [6.07, 6.45) is -6.56. The summed E-state index contributed by atoms with van der Waals surface area (Å²) in [6.45, 7) is 5.72. The van der Waals surface area contributed by atoms with Gasteiger partial charge in [-0.2, -0.15) is 13.2 Å². The highest BCUT2D eigenvalue weighted by molar-refractivity contribution is 4.95. The van der Waals surface area contributed by atoms with Crippen LogP contribution in [0.2, 0.25) is 0 Å². The molecule has 1 aliphatic rings. The van der Waals surface area contributed by atoms with Crippen LogP contribution in [0, 0.1) is 5.92 Å². The molecule has 1 saturated heterocycles. The predicted molar refractivity (Wildman–Crippen MR) is 61.3 cm³/mol. The standard InChI is InChI=1S/C10H21F3N4O/c1-9(2,3)17-7-5(6(14)10(11,12)13)8(18)16-4-15-7/h5-8,15-18H,4,14H2,1-3H3. The minimum absolute atomic E-state index is 0.218. The van der Waals surface area contributed by atoms with E-state index < -0.39 is 36.1 Å². The van der Waals surface area contributed by atoms with Crippen LogP contribution >= 0.6 is 0 Å². The summed E-state index contributed by atoms with van der Waals surface area (Å²) in [7, 11) is 0. The Balaban J connectivity index is 2.86. The minimum atomic E-state index is -4.55. The maximum atomic E-state index is 12.7. The van der Waals surface area contributed by atoms with E-state index in [1.807, 2.05) is 20.8 Å². The van der Waals surface area contributed by atoms with Gasteiger partial charge in [-0.1, -0.05) is 0 Å². The number of aliphatic hydroxyl groups is 1. The summed E-state index contributed by atoms with van der Waals surface area (Å²) >= 11 is 0. The van der Waals surface area contributed by atoms with Crippen LogP contribution in [0.1, 0.15) is 20.8 Å². The van der Waals surface area contributed by atoms with Gasteiger partial charge in [-0.3, -0.25) is 16.0 Å². The molecule has 1 heterocycles. The van der Waals surface area contributed by atoms with Crippen molar-refractivity contribution < 1.29 is 18.3 Å². The Labute approximate surface area is 104 Å². The molecule has 4 unspecified atom stereocenters. The Kier molecular flexibility index (Phi) is 4.60. The van der Waals surface area contributed by atoms with E-state index in [1.54, 1.807) is 0 Å². The first-order chi connectivity index (χ1) is 8.02. The third kappa shape index (κ3) is 4.06. The number of hydrogen-bond acceptors (Lipinski definition) is 5. The maximum Gasteiger partial charge on any atom is 0.404 e.